The van der Waals surface area contributed by atoms with Crippen LogP contribution in [0.5, 0.6) is 0 Å². The van der Waals surface area contributed by atoms with Crippen LogP contribution in [0, 0.1) is 0 Å². The van der Waals surface area contributed by atoms with Gasteiger partial charge in [0.25, 0.3) is 0 Å². The minimum atomic E-state index is -4.05. The highest BCUT2D eigenvalue weighted by Gasteiger charge is 2.31. The molecule has 0 spiro atoms. The van der Waals surface area contributed by atoms with E-state index in [1.807, 2.05) is 0 Å². The number of benzene rings is 1. The van der Waals surface area contributed by atoms with Crippen molar-refractivity contribution in [1.82, 2.24) is 13.9 Å². The van der Waals surface area contributed by atoms with Crippen molar-refractivity contribution in [2.24, 2.45) is 0 Å². The zero-order valence-electron chi connectivity index (χ0n) is 17.8. The molecule has 0 bridgehead atoms. The summed E-state index contributed by atoms with van der Waals surface area (Å²) in [5, 5.41) is 2.57. The van der Waals surface area contributed by atoms with Crippen LogP contribution in [0.1, 0.15) is 27.2 Å². The Morgan fingerprint density at radius 1 is 0.935 bits per heavy atom. The first kappa shape index (κ1) is 25.7. The molecule has 1 aromatic rings. The number of hydrogen-bond acceptors (Lipinski definition) is 7. The molecular formula is C18H29N3O7S3. The molecule has 13 heteroatoms. The number of rotatable bonds is 10. The molecule has 1 unspecified atom stereocenters. The molecule has 1 fully saturated rings. The number of sulfonamides is 2. The molecular weight excluding hydrogens is 466 g/mol. The van der Waals surface area contributed by atoms with Crippen molar-refractivity contribution in [3.8, 4) is 0 Å². The third kappa shape index (κ3) is 6.04. The van der Waals surface area contributed by atoms with Gasteiger partial charge in [0, 0.05) is 25.7 Å². The Morgan fingerprint density at radius 2 is 1.39 bits per heavy atom. The van der Waals surface area contributed by atoms with Gasteiger partial charge in [-0.1, -0.05) is 20.8 Å². The van der Waals surface area contributed by atoms with Gasteiger partial charge in [-0.05, 0) is 30.7 Å². The van der Waals surface area contributed by atoms with Gasteiger partial charge < -0.3 is 5.32 Å². The van der Waals surface area contributed by atoms with Crippen LogP contribution >= 0.6 is 0 Å². The summed E-state index contributed by atoms with van der Waals surface area (Å²) < 4.78 is 76.3. The van der Waals surface area contributed by atoms with E-state index in [9.17, 15) is 30.0 Å². The molecule has 0 radical (unpaired) electrons. The Hall–Kier alpha value is -1.54. The molecule has 1 aromatic carbocycles. The summed E-state index contributed by atoms with van der Waals surface area (Å²) >= 11 is 0. The Morgan fingerprint density at radius 3 is 1.77 bits per heavy atom. The number of hydrogen-bond donors (Lipinski definition) is 1. The lowest BCUT2D eigenvalue weighted by Gasteiger charge is -2.22. The van der Waals surface area contributed by atoms with E-state index in [0.29, 0.717) is 19.5 Å². The van der Waals surface area contributed by atoms with Crippen molar-refractivity contribution in [2.45, 2.75) is 43.0 Å². The lowest BCUT2D eigenvalue weighted by Crippen LogP contribution is -2.44. The van der Waals surface area contributed by atoms with E-state index in [-0.39, 0.29) is 27.8 Å². The van der Waals surface area contributed by atoms with Crippen LogP contribution in [0.3, 0.4) is 0 Å². The summed E-state index contributed by atoms with van der Waals surface area (Å²) in [5.74, 6) is -0.746. The number of carbonyl (C=O) groups excluding carboxylic acids is 1. The topological polar surface area (TPSA) is 138 Å². The fourth-order valence-corrected chi connectivity index (χ4v) is 7.89. The Balaban J connectivity index is 2.16. The molecule has 176 valence electrons. The fraction of sp³-hybridized carbons (Fsp3) is 0.611. The second kappa shape index (κ2) is 9.94. The third-order valence-electron chi connectivity index (χ3n) is 5.07. The molecule has 1 heterocycles. The standard InChI is InChI=1S/C18H29N3O7S3/c1-4-20(5-2)30(25,26)16-7-9-17(10-8-16)31(27,28)21(6-3)13-18(22)19-15-11-12-29(23,24)14-15/h7-10,15H,4-6,11-14H2,1-3H3,(H,19,22). The SMILES string of the molecule is CCN(CC)S(=O)(=O)c1ccc(S(=O)(=O)N(CC)CC(=O)NC2CCS(=O)(=O)C2)cc1. The van der Waals surface area contributed by atoms with Gasteiger partial charge in [-0.3, -0.25) is 4.79 Å². The van der Waals surface area contributed by atoms with Crippen LogP contribution in [-0.2, 0) is 34.7 Å². The van der Waals surface area contributed by atoms with E-state index >= 15 is 0 Å². The maximum Gasteiger partial charge on any atom is 0.243 e. The van der Waals surface area contributed by atoms with Gasteiger partial charge in [-0.2, -0.15) is 8.61 Å². The van der Waals surface area contributed by atoms with Gasteiger partial charge in [-0.15, -0.1) is 0 Å². The summed E-state index contributed by atoms with van der Waals surface area (Å²) in [6.07, 6.45) is 0.301. The zero-order valence-corrected chi connectivity index (χ0v) is 20.3. The molecule has 31 heavy (non-hydrogen) atoms. The maximum absolute atomic E-state index is 12.9. The molecule has 1 aliphatic heterocycles. The fourth-order valence-electron chi connectivity index (χ4n) is 3.35. The Labute approximate surface area is 184 Å². The molecule has 0 saturated carbocycles. The molecule has 1 saturated heterocycles. The minimum Gasteiger partial charge on any atom is -0.351 e. The molecule has 0 aromatic heterocycles. The predicted octanol–water partition coefficient (Wildman–Crippen LogP) is 0.0310. The molecule has 0 aliphatic carbocycles. The first-order valence-corrected chi connectivity index (χ1v) is 14.7. The summed E-state index contributed by atoms with van der Waals surface area (Å²) in [6.45, 7) is 5.13. The van der Waals surface area contributed by atoms with Crippen LogP contribution in [-0.4, -0.2) is 83.5 Å². The van der Waals surface area contributed by atoms with E-state index < -0.39 is 48.4 Å². The third-order valence-corrected chi connectivity index (χ3v) is 10.8. The lowest BCUT2D eigenvalue weighted by molar-refractivity contribution is -0.121. The van der Waals surface area contributed by atoms with Crippen molar-refractivity contribution < 1.29 is 30.0 Å². The van der Waals surface area contributed by atoms with E-state index in [2.05, 4.69) is 5.32 Å². The van der Waals surface area contributed by atoms with Crippen molar-refractivity contribution in [1.29, 1.82) is 0 Å². The second-order valence-electron chi connectivity index (χ2n) is 7.16. The quantitative estimate of drug-likeness (QED) is 0.483. The van der Waals surface area contributed by atoms with Gasteiger partial charge in [0.2, 0.25) is 26.0 Å². The van der Waals surface area contributed by atoms with Crippen molar-refractivity contribution >= 4 is 35.8 Å². The Bertz CT molecular complexity index is 1090. The van der Waals surface area contributed by atoms with E-state index in [1.54, 1.807) is 20.8 Å². The van der Waals surface area contributed by atoms with Crippen LogP contribution in [0.15, 0.2) is 34.1 Å². The monoisotopic (exact) mass is 495 g/mol. The lowest BCUT2D eigenvalue weighted by atomic mass is 10.2. The van der Waals surface area contributed by atoms with Crippen LogP contribution < -0.4 is 5.32 Å². The molecule has 1 N–H and O–H groups in total. The molecule has 10 nitrogen and oxygen atoms in total. The normalized spacial score (nSPS) is 19.1. The number of nitrogens with one attached hydrogen (secondary N) is 1. The zero-order chi connectivity index (χ0) is 23.4. The second-order valence-corrected chi connectivity index (χ2v) is 13.3. The number of carbonyl (C=O) groups is 1. The number of amides is 1. The summed E-state index contributed by atoms with van der Waals surface area (Å²) in [5.41, 5.74) is 0. The van der Waals surface area contributed by atoms with Crippen LogP contribution in [0.2, 0.25) is 0 Å². The predicted molar refractivity (Wildman–Crippen MR) is 116 cm³/mol. The first-order chi connectivity index (χ1) is 14.4. The maximum atomic E-state index is 12.9. The highest BCUT2D eigenvalue weighted by Crippen LogP contribution is 2.21. The number of sulfone groups is 1. The Kier molecular flexibility index (Phi) is 8.25. The highest BCUT2D eigenvalue weighted by molar-refractivity contribution is 7.91. The summed E-state index contributed by atoms with van der Waals surface area (Å²) in [7, 11) is -10.9. The average molecular weight is 496 g/mol. The summed E-state index contributed by atoms with van der Waals surface area (Å²) in [6, 6.07) is 4.35. The van der Waals surface area contributed by atoms with Crippen LogP contribution in [0.4, 0.5) is 0 Å². The minimum absolute atomic E-state index is 0.00349. The van der Waals surface area contributed by atoms with Gasteiger partial charge in [-0.25, -0.2) is 25.3 Å². The van der Waals surface area contributed by atoms with E-state index in [0.717, 1.165) is 4.31 Å². The van der Waals surface area contributed by atoms with Crippen molar-refractivity contribution in [3.63, 3.8) is 0 Å². The molecule has 1 aliphatic rings. The highest BCUT2D eigenvalue weighted by atomic mass is 32.2. The number of nitrogens with zero attached hydrogens (tertiary/aromatic N) is 2. The smallest absolute Gasteiger partial charge is 0.243 e. The van der Waals surface area contributed by atoms with Gasteiger partial charge in [0.1, 0.15) is 0 Å². The van der Waals surface area contributed by atoms with Crippen molar-refractivity contribution in [2.75, 3.05) is 37.7 Å². The summed E-state index contributed by atoms with van der Waals surface area (Å²) in [4.78, 5) is 12.1. The molecule has 2 rings (SSSR count). The number of likely N-dealkylation sites (N-methyl/N-ethyl adjacent to an activating group) is 1. The average Bonchev–Trinajstić information content (AvgIpc) is 3.04. The largest absolute Gasteiger partial charge is 0.351 e. The van der Waals surface area contributed by atoms with Gasteiger partial charge in [0.15, 0.2) is 9.84 Å². The van der Waals surface area contributed by atoms with Gasteiger partial charge in [0.05, 0.1) is 27.8 Å². The van der Waals surface area contributed by atoms with Crippen molar-refractivity contribution in [3.05, 3.63) is 24.3 Å². The van der Waals surface area contributed by atoms with Crippen LogP contribution in [0.25, 0.3) is 0 Å². The van der Waals surface area contributed by atoms with E-state index in [1.165, 1.54) is 28.6 Å². The molecule has 1 amide bonds. The first-order valence-electron chi connectivity index (χ1n) is 9.97. The molecule has 1 atom stereocenters. The van der Waals surface area contributed by atoms with E-state index in [4.69, 9.17) is 0 Å². The van der Waals surface area contributed by atoms with Gasteiger partial charge >= 0.3 is 0 Å².